The molecule has 0 aliphatic rings. The summed E-state index contributed by atoms with van der Waals surface area (Å²) in [5.41, 5.74) is 1.83. The molecule has 0 aromatic heterocycles. The van der Waals surface area contributed by atoms with Crippen LogP contribution in [0, 0.1) is 0 Å². The highest BCUT2D eigenvalue weighted by molar-refractivity contribution is 9.10. The molecule has 2 rings (SSSR count). The van der Waals surface area contributed by atoms with Crippen LogP contribution in [0.2, 0.25) is 5.02 Å². The molecule has 4 nitrogen and oxygen atoms in total. The summed E-state index contributed by atoms with van der Waals surface area (Å²) >= 11 is 9.65. The fourth-order valence-electron chi connectivity index (χ4n) is 1.94. The molecule has 0 heterocycles. The molecule has 23 heavy (non-hydrogen) atoms. The fraction of sp³-hybridized carbons (Fsp3) is 0.235. The Morgan fingerprint density at radius 2 is 2.00 bits per heavy atom. The number of methoxy groups -OCH3 is 1. The first kappa shape index (κ1) is 17.6. The highest BCUT2D eigenvalue weighted by atomic mass is 79.9. The SMILES string of the molecule is CCc1ccc(OCc2c(Br)cccc2OC(=O)OC)c(Cl)c1. The quantitative estimate of drug-likeness (QED) is 0.499. The summed E-state index contributed by atoms with van der Waals surface area (Å²) in [6.45, 7) is 2.25. The van der Waals surface area contributed by atoms with Crippen LogP contribution < -0.4 is 9.47 Å². The van der Waals surface area contributed by atoms with Crippen molar-refractivity contribution < 1.29 is 19.0 Å². The molecule has 0 aliphatic heterocycles. The molecule has 0 spiro atoms. The molecule has 2 aromatic carbocycles. The van der Waals surface area contributed by atoms with Gasteiger partial charge in [0.15, 0.2) is 0 Å². The molecule has 0 saturated carbocycles. The third-order valence-electron chi connectivity index (χ3n) is 3.21. The molecule has 0 N–H and O–H groups in total. The van der Waals surface area contributed by atoms with Crippen LogP contribution in [-0.2, 0) is 17.8 Å². The van der Waals surface area contributed by atoms with E-state index in [-0.39, 0.29) is 6.61 Å². The fourth-order valence-corrected chi connectivity index (χ4v) is 2.66. The number of carbonyl (C=O) groups excluding carboxylic acids is 1. The molecule has 0 bridgehead atoms. The Hall–Kier alpha value is -1.72. The molecule has 2 aromatic rings. The van der Waals surface area contributed by atoms with Gasteiger partial charge in [0.1, 0.15) is 18.1 Å². The second-order valence-corrected chi connectivity index (χ2v) is 5.94. The minimum absolute atomic E-state index is 0.193. The van der Waals surface area contributed by atoms with Gasteiger partial charge in [-0.1, -0.05) is 46.6 Å². The molecule has 0 aliphatic carbocycles. The van der Waals surface area contributed by atoms with Crippen molar-refractivity contribution in [1.29, 1.82) is 0 Å². The number of benzene rings is 2. The van der Waals surface area contributed by atoms with Gasteiger partial charge in [-0.2, -0.15) is 0 Å². The first-order chi connectivity index (χ1) is 11.0. The van der Waals surface area contributed by atoms with Gasteiger partial charge in [0.05, 0.1) is 12.1 Å². The molecular formula is C17H16BrClO4. The van der Waals surface area contributed by atoms with E-state index in [1.165, 1.54) is 7.11 Å². The monoisotopic (exact) mass is 398 g/mol. The number of aryl methyl sites for hydroxylation is 1. The van der Waals surface area contributed by atoms with Crippen molar-refractivity contribution in [2.24, 2.45) is 0 Å². The maximum Gasteiger partial charge on any atom is 0.513 e. The second kappa shape index (κ2) is 8.22. The lowest BCUT2D eigenvalue weighted by atomic mass is 10.1. The van der Waals surface area contributed by atoms with E-state index in [1.807, 2.05) is 24.3 Å². The van der Waals surface area contributed by atoms with Crippen molar-refractivity contribution in [3.05, 3.63) is 57.0 Å². The van der Waals surface area contributed by atoms with E-state index in [0.29, 0.717) is 22.1 Å². The average molecular weight is 400 g/mol. The standard InChI is InChI=1S/C17H16BrClO4/c1-3-11-7-8-16(14(19)9-11)22-10-12-13(18)5-4-6-15(12)23-17(20)21-2/h4-9H,3,10H2,1-2H3. The van der Waals surface area contributed by atoms with Crippen LogP contribution in [0.15, 0.2) is 40.9 Å². The lowest BCUT2D eigenvalue weighted by Crippen LogP contribution is -2.10. The number of carbonyl (C=O) groups is 1. The average Bonchev–Trinajstić information content (AvgIpc) is 2.55. The lowest BCUT2D eigenvalue weighted by molar-refractivity contribution is 0.120. The second-order valence-electron chi connectivity index (χ2n) is 4.68. The van der Waals surface area contributed by atoms with E-state index < -0.39 is 6.16 Å². The molecule has 0 unspecified atom stereocenters. The Kier molecular flexibility index (Phi) is 6.30. The Bertz CT molecular complexity index is 703. The predicted molar refractivity (Wildman–Crippen MR) is 92.3 cm³/mol. The number of rotatable bonds is 5. The minimum atomic E-state index is -0.783. The van der Waals surface area contributed by atoms with Crippen LogP contribution in [0.3, 0.4) is 0 Å². The zero-order valence-electron chi connectivity index (χ0n) is 12.8. The van der Waals surface area contributed by atoms with Crippen molar-refractivity contribution in [1.82, 2.24) is 0 Å². The topological polar surface area (TPSA) is 44.8 Å². The van der Waals surface area contributed by atoms with Crippen LogP contribution in [0.1, 0.15) is 18.1 Å². The highest BCUT2D eigenvalue weighted by Crippen LogP contribution is 2.31. The summed E-state index contributed by atoms with van der Waals surface area (Å²) in [6, 6.07) is 10.9. The van der Waals surface area contributed by atoms with Crippen LogP contribution in [-0.4, -0.2) is 13.3 Å². The summed E-state index contributed by atoms with van der Waals surface area (Å²) < 4.78 is 16.2. The molecular weight excluding hydrogens is 384 g/mol. The van der Waals surface area contributed by atoms with Gasteiger partial charge < -0.3 is 14.2 Å². The third-order valence-corrected chi connectivity index (χ3v) is 4.25. The van der Waals surface area contributed by atoms with Gasteiger partial charge >= 0.3 is 6.16 Å². The van der Waals surface area contributed by atoms with E-state index in [9.17, 15) is 4.79 Å². The maximum atomic E-state index is 11.3. The van der Waals surface area contributed by atoms with E-state index in [4.69, 9.17) is 21.1 Å². The molecule has 0 fully saturated rings. The number of ether oxygens (including phenoxy) is 3. The third kappa shape index (κ3) is 4.62. The normalized spacial score (nSPS) is 10.3. The Morgan fingerprint density at radius 3 is 2.65 bits per heavy atom. The summed E-state index contributed by atoms with van der Waals surface area (Å²) in [6.07, 6.45) is 0.121. The zero-order valence-corrected chi connectivity index (χ0v) is 15.1. The number of halogens is 2. The van der Waals surface area contributed by atoms with E-state index >= 15 is 0 Å². The van der Waals surface area contributed by atoms with Gasteiger partial charge in [-0.25, -0.2) is 4.79 Å². The summed E-state index contributed by atoms with van der Waals surface area (Å²) in [4.78, 5) is 11.3. The number of hydrogen-bond donors (Lipinski definition) is 0. The summed E-state index contributed by atoms with van der Waals surface area (Å²) in [5, 5.41) is 0.548. The molecule has 0 saturated heterocycles. The van der Waals surface area contributed by atoms with Gasteiger partial charge in [-0.15, -0.1) is 0 Å². The van der Waals surface area contributed by atoms with Crippen molar-refractivity contribution >= 4 is 33.7 Å². The van der Waals surface area contributed by atoms with Crippen LogP contribution in [0.4, 0.5) is 4.79 Å². The summed E-state index contributed by atoms with van der Waals surface area (Å²) in [7, 11) is 1.26. The predicted octanol–water partition coefficient (Wildman–Crippen LogP) is 5.39. The molecule has 0 atom stereocenters. The maximum absolute atomic E-state index is 11.3. The molecule has 0 radical (unpaired) electrons. The largest absolute Gasteiger partial charge is 0.513 e. The van der Waals surface area contributed by atoms with Gasteiger partial charge in [0, 0.05) is 10.0 Å². The van der Waals surface area contributed by atoms with Gasteiger partial charge in [0.25, 0.3) is 0 Å². The molecule has 0 amide bonds. The number of hydrogen-bond acceptors (Lipinski definition) is 4. The Labute approximate surface area is 148 Å². The zero-order chi connectivity index (χ0) is 16.8. The smallest absolute Gasteiger partial charge is 0.487 e. The molecule has 6 heteroatoms. The summed E-state index contributed by atoms with van der Waals surface area (Å²) in [5.74, 6) is 0.941. The van der Waals surface area contributed by atoms with E-state index in [0.717, 1.165) is 16.5 Å². The van der Waals surface area contributed by atoms with Crippen molar-refractivity contribution in [3.63, 3.8) is 0 Å². The Morgan fingerprint density at radius 1 is 1.22 bits per heavy atom. The highest BCUT2D eigenvalue weighted by Gasteiger charge is 2.13. The first-order valence-corrected chi connectivity index (χ1v) is 8.16. The van der Waals surface area contributed by atoms with Crippen LogP contribution in [0.5, 0.6) is 11.5 Å². The van der Waals surface area contributed by atoms with Gasteiger partial charge in [-0.05, 0) is 36.2 Å². The van der Waals surface area contributed by atoms with E-state index in [1.54, 1.807) is 12.1 Å². The van der Waals surface area contributed by atoms with Crippen LogP contribution in [0.25, 0.3) is 0 Å². The van der Waals surface area contributed by atoms with Crippen molar-refractivity contribution in [2.45, 2.75) is 20.0 Å². The van der Waals surface area contributed by atoms with Crippen molar-refractivity contribution in [2.75, 3.05) is 7.11 Å². The van der Waals surface area contributed by atoms with Gasteiger partial charge in [0.2, 0.25) is 0 Å². The first-order valence-electron chi connectivity index (χ1n) is 6.99. The van der Waals surface area contributed by atoms with Gasteiger partial charge in [-0.3, -0.25) is 0 Å². The van der Waals surface area contributed by atoms with Crippen molar-refractivity contribution in [3.8, 4) is 11.5 Å². The minimum Gasteiger partial charge on any atom is -0.487 e. The molecule has 122 valence electrons. The van der Waals surface area contributed by atoms with E-state index in [2.05, 4.69) is 27.6 Å². The lowest BCUT2D eigenvalue weighted by Gasteiger charge is -2.13. The van der Waals surface area contributed by atoms with Crippen LogP contribution >= 0.6 is 27.5 Å². The Balaban J connectivity index is 2.18.